The van der Waals surface area contributed by atoms with Crippen LogP contribution in [0.4, 0.5) is 18.9 Å². The van der Waals surface area contributed by atoms with Crippen molar-refractivity contribution in [2.45, 2.75) is 60.4 Å². The van der Waals surface area contributed by atoms with Crippen molar-refractivity contribution >= 4 is 31.3 Å². The molecule has 3 aromatic rings. The molecular weight excluding hydrogens is 645 g/mol. The molecular formula is C31H31F3N4O6S2. The molecule has 244 valence electrons. The third kappa shape index (κ3) is 6.12. The molecule has 6 rings (SSSR count). The number of hydrogen-bond acceptors (Lipinski definition) is 9. The Morgan fingerprint density at radius 3 is 2.33 bits per heavy atom. The first kappa shape index (κ1) is 32.1. The predicted octanol–water partition coefficient (Wildman–Crippen LogP) is 4.98. The SMILES string of the molecule is N#CC1(NC(=O)[C@@H]2CCCC[C@H]2c2oc(-c3ccc(S(=O)(=O)C(F)(F)F)cc3)nc2-c2ccccc2N2CCS(=O)(=O)CC2)CC1. The molecule has 1 amide bonds. The van der Waals surface area contributed by atoms with Gasteiger partial charge in [0.1, 0.15) is 17.0 Å². The van der Waals surface area contributed by atoms with Crippen molar-refractivity contribution in [2.24, 2.45) is 5.92 Å². The molecule has 10 nitrogen and oxygen atoms in total. The second kappa shape index (κ2) is 11.7. The van der Waals surface area contributed by atoms with Crippen molar-refractivity contribution in [1.29, 1.82) is 5.26 Å². The molecule has 0 unspecified atom stereocenters. The summed E-state index contributed by atoms with van der Waals surface area (Å²) in [4.78, 5) is 19.4. The van der Waals surface area contributed by atoms with Crippen molar-refractivity contribution in [3.8, 4) is 28.8 Å². The number of nitrogens with one attached hydrogen (secondary N) is 1. The van der Waals surface area contributed by atoms with Crippen LogP contribution in [0.15, 0.2) is 57.8 Å². The van der Waals surface area contributed by atoms with E-state index in [0.29, 0.717) is 48.4 Å². The van der Waals surface area contributed by atoms with Crippen LogP contribution >= 0.6 is 0 Å². The summed E-state index contributed by atoms with van der Waals surface area (Å²) in [6.45, 7) is 0.526. The monoisotopic (exact) mass is 676 g/mol. The number of rotatable bonds is 7. The highest BCUT2D eigenvalue weighted by atomic mass is 32.2. The number of nitriles is 1. The number of sulfone groups is 2. The lowest BCUT2D eigenvalue weighted by Gasteiger charge is -2.32. The van der Waals surface area contributed by atoms with Gasteiger partial charge in [0.2, 0.25) is 11.8 Å². The molecule has 2 heterocycles. The summed E-state index contributed by atoms with van der Waals surface area (Å²) in [5, 5.41) is 12.5. The number of hydrogen-bond donors (Lipinski definition) is 1. The van der Waals surface area contributed by atoms with Crippen LogP contribution in [0.25, 0.3) is 22.7 Å². The molecule has 0 spiro atoms. The van der Waals surface area contributed by atoms with E-state index in [1.54, 1.807) is 6.07 Å². The molecule has 2 saturated carbocycles. The van der Waals surface area contributed by atoms with E-state index in [2.05, 4.69) is 11.4 Å². The fourth-order valence-electron chi connectivity index (χ4n) is 6.19. The first-order valence-electron chi connectivity index (χ1n) is 14.9. The van der Waals surface area contributed by atoms with Crippen LogP contribution < -0.4 is 10.2 Å². The van der Waals surface area contributed by atoms with E-state index in [4.69, 9.17) is 9.40 Å². The van der Waals surface area contributed by atoms with E-state index in [0.717, 1.165) is 25.0 Å². The molecule has 46 heavy (non-hydrogen) atoms. The van der Waals surface area contributed by atoms with E-state index < -0.39 is 47.5 Å². The van der Waals surface area contributed by atoms with Gasteiger partial charge in [-0.2, -0.15) is 18.4 Å². The average molecular weight is 677 g/mol. The standard InChI is InChI=1S/C31H31F3N4O6S2/c32-31(33,34)46(42,43)21-11-9-20(10-12-21)29-36-26(24-7-3-4-8-25(24)38-15-17-45(40,41)18-16-38)27(44-29)22-5-1-2-6-23(22)28(39)37-30(19-35)13-14-30/h3-4,7-12,22-23H,1-2,5-6,13-18H2,(H,37,39)/t22-,23-/m1/s1. The molecule has 1 aromatic heterocycles. The van der Waals surface area contributed by atoms with Gasteiger partial charge in [0.15, 0.2) is 9.84 Å². The fraction of sp³-hybridized carbons (Fsp3) is 0.452. The summed E-state index contributed by atoms with van der Waals surface area (Å²) in [5.41, 5.74) is -4.36. The van der Waals surface area contributed by atoms with Crippen molar-refractivity contribution in [3.63, 3.8) is 0 Å². The van der Waals surface area contributed by atoms with Crippen LogP contribution in [0.1, 0.15) is 50.2 Å². The number of halogens is 3. The van der Waals surface area contributed by atoms with Crippen LogP contribution in [0.2, 0.25) is 0 Å². The molecule has 1 saturated heterocycles. The van der Waals surface area contributed by atoms with Crippen LogP contribution in [0, 0.1) is 17.2 Å². The van der Waals surface area contributed by atoms with Gasteiger partial charge in [-0.1, -0.05) is 31.0 Å². The maximum absolute atomic E-state index is 13.6. The van der Waals surface area contributed by atoms with Gasteiger partial charge >= 0.3 is 5.51 Å². The molecule has 3 aliphatic rings. The van der Waals surface area contributed by atoms with Crippen molar-refractivity contribution in [1.82, 2.24) is 10.3 Å². The van der Waals surface area contributed by atoms with Gasteiger partial charge in [-0.05, 0) is 56.0 Å². The lowest BCUT2D eigenvalue weighted by atomic mass is 9.76. The topological polar surface area (TPSA) is 150 Å². The minimum atomic E-state index is -5.56. The normalized spacial score (nSPS) is 22.5. The van der Waals surface area contributed by atoms with Crippen LogP contribution in [-0.4, -0.2) is 63.4 Å². The number of carbonyl (C=O) groups excluding carboxylic acids is 1. The largest absolute Gasteiger partial charge is 0.501 e. The van der Waals surface area contributed by atoms with E-state index in [9.17, 15) is 40.1 Å². The van der Waals surface area contributed by atoms with Crippen molar-refractivity contribution in [3.05, 3.63) is 54.3 Å². The quantitative estimate of drug-likeness (QED) is 0.365. The number of oxazole rings is 1. The minimum Gasteiger partial charge on any atom is -0.440 e. The van der Waals surface area contributed by atoms with Gasteiger partial charge in [0, 0.05) is 41.7 Å². The lowest BCUT2D eigenvalue weighted by molar-refractivity contribution is -0.127. The molecule has 1 aliphatic heterocycles. The summed E-state index contributed by atoms with van der Waals surface area (Å²) in [6.07, 6.45) is 3.85. The molecule has 2 aliphatic carbocycles. The molecule has 15 heteroatoms. The molecule has 1 N–H and O–H groups in total. The Kier molecular flexibility index (Phi) is 8.17. The van der Waals surface area contributed by atoms with E-state index in [1.807, 2.05) is 23.1 Å². The number of para-hydroxylation sites is 1. The van der Waals surface area contributed by atoms with Crippen molar-refractivity contribution in [2.75, 3.05) is 29.5 Å². The highest BCUT2D eigenvalue weighted by molar-refractivity contribution is 7.92. The van der Waals surface area contributed by atoms with Gasteiger partial charge in [0.25, 0.3) is 9.84 Å². The summed E-state index contributed by atoms with van der Waals surface area (Å²) < 4.78 is 94.0. The van der Waals surface area contributed by atoms with Crippen LogP contribution in [0.3, 0.4) is 0 Å². The number of alkyl halides is 3. The third-order valence-electron chi connectivity index (χ3n) is 8.98. The Hall–Kier alpha value is -3.90. The summed E-state index contributed by atoms with van der Waals surface area (Å²) >= 11 is 0. The number of benzene rings is 2. The molecule has 0 bridgehead atoms. The zero-order chi connectivity index (χ0) is 32.9. The van der Waals surface area contributed by atoms with Gasteiger partial charge in [-0.3, -0.25) is 4.79 Å². The van der Waals surface area contributed by atoms with Gasteiger partial charge in [-0.15, -0.1) is 0 Å². The van der Waals surface area contributed by atoms with Crippen molar-refractivity contribution < 1.29 is 39.2 Å². The average Bonchev–Trinajstić information content (AvgIpc) is 3.67. The Morgan fingerprint density at radius 1 is 1.04 bits per heavy atom. The van der Waals surface area contributed by atoms with E-state index in [1.165, 1.54) is 12.1 Å². The van der Waals surface area contributed by atoms with Gasteiger partial charge in [-0.25, -0.2) is 21.8 Å². The maximum atomic E-state index is 13.6. The molecule has 2 atom stereocenters. The Morgan fingerprint density at radius 2 is 1.70 bits per heavy atom. The van der Waals surface area contributed by atoms with Gasteiger partial charge < -0.3 is 14.6 Å². The van der Waals surface area contributed by atoms with E-state index in [-0.39, 0.29) is 42.0 Å². The Bertz CT molecular complexity index is 1900. The summed E-state index contributed by atoms with van der Waals surface area (Å²) in [5.74, 6) is -0.861. The number of nitrogens with zero attached hydrogens (tertiary/aromatic N) is 3. The minimum absolute atomic E-state index is 0.0169. The fourth-order valence-corrected chi connectivity index (χ4v) is 8.15. The number of amides is 1. The predicted molar refractivity (Wildman–Crippen MR) is 162 cm³/mol. The smallest absolute Gasteiger partial charge is 0.440 e. The summed E-state index contributed by atoms with van der Waals surface area (Å²) in [6, 6.07) is 13.5. The number of anilines is 1. The molecule has 2 aromatic carbocycles. The van der Waals surface area contributed by atoms with Crippen LogP contribution in [0.5, 0.6) is 0 Å². The third-order valence-corrected chi connectivity index (χ3v) is 12.1. The second-order valence-electron chi connectivity index (χ2n) is 12.0. The van der Waals surface area contributed by atoms with E-state index >= 15 is 0 Å². The highest BCUT2D eigenvalue weighted by Crippen LogP contribution is 2.46. The number of aromatic nitrogens is 1. The molecule has 0 radical (unpaired) electrons. The highest BCUT2D eigenvalue weighted by Gasteiger charge is 2.48. The zero-order valence-electron chi connectivity index (χ0n) is 24.6. The molecule has 3 fully saturated rings. The second-order valence-corrected chi connectivity index (χ2v) is 16.3. The first-order chi connectivity index (χ1) is 21.7. The zero-order valence-corrected chi connectivity index (χ0v) is 26.2. The maximum Gasteiger partial charge on any atom is 0.501 e. The lowest BCUT2D eigenvalue weighted by Crippen LogP contribution is -2.42. The first-order valence-corrected chi connectivity index (χ1v) is 18.2. The Balaban J connectivity index is 1.44. The van der Waals surface area contributed by atoms with Crippen LogP contribution in [-0.2, 0) is 24.5 Å². The Labute approximate surface area is 264 Å². The summed E-state index contributed by atoms with van der Waals surface area (Å²) in [7, 11) is -8.73. The number of carbonyl (C=O) groups is 1. The van der Waals surface area contributed by atoms with Gasteiger partial charge in [0.05, 0.1) is 22.5 Å².